The van der Waals surface area contributed by atoms with Crippen LogP contribution in [0.3, 0.4) is 0 Å². The number of esters is 1. The Labute approximate surface area is 163 Å². The van der Waals surface area contributed by atoms with E-state index in [2.05, 4.69) is 0 Å². The monoisotopic (exact) mass is 384 g/mol. The lowest BCUT2D eigenvalue weighted by Crippen LogP contribution is -2.32. The summed E-state index contributed by atoms with van der Waals surface area (Å²) in [6.07, 6.45) is 6.58. The van der Waals surface area contributed by atoms with Crippen molar-refractivity contribution in [1.29, 1.82) is 0 Å². The van der Waals surface area contributed by atoms with E-state index in [1.165, 1.54) is 26.4 Å². The summed E-state index contributed by atoms with van der Waals surface area (Å²) in [5.74, 6) is -1.23. The molecule has 1 saturated carbocycles. The van der Waals surface area contributed by atoms with Gasteiger partial charge in [0.2, 0.25) is 0 Å². The van der Waals surface area contributed by atoms with Gasteiger partial charge in [-0.05, 0) is 25.2 Å². The van der Waals surface area contributed by atoms with Crippen molar-refractivity contribution in [2.45, 2.75) is 84.7 Å². The van der Waals surface area contributed by atoms with Gasteiger partial charge in [-0.3, -0.25) is 9.59 Å². The van der Waals surface area contributed by atoms with Gasteiger partial charge in [0.15, 0.2) is 6.10 Å². The lowest BCUT2D eigenvalue weighted by molar-refractivity contribution is -0.157. The largest absolute Gasteiger partial charge is 0.481 e. The third-order valence-corrected chi connectivity index (χ3v) is 5.35. The predicted molar refractivity (Wildman–Crippen MR) is 102 cm³/mol. The molecule has 1 N–H and O–H groups in total. The summed E-state index contributed by atoms with van der Waals surface area (Å²) in [5, 5.41) is 8.91. The molecule has 0 bridgehead atoms. The SMILES string of the molecule is COC(CC1CCCCC1)C(=O)OCCC(CCC(=O)O)C(=O)C(C)(C)C. The number of carbonyl (C=O) groups is 3. The van der Waals surface area contributed by atoms with E-state index in [-0.39, 0.29) is 31.2 Å². The molecule has 27 heavy (non-hydrogen) atoms. The van der Waals surface area contributed by atoms with Crippen molar-refractivity contribution in [3.63, 3.8) is 0 Å². The van der Waals surface area contributed by atoms with E-state index in [0.29, 0.717) is 18.8 Å². The smallest absolute Gasteiger partial charge is 0.335 e. The van der Waals surface area contributed by atoms with E-state index in [1.807, 2.05) is 20.8 Å². The maximum Gasteiger partial charge on any atom is 0.335 e. The van der Waals surface area contributed by atoms with Gasteiger partial charge in [0.05, 0.1) is 6.61 Å². The van der Waals surface area contributed by atoms with Crippen LogP contribution in [0.4, 0.5) is 0 Å². The van der Waals surface area contributed by atoms with Crippen LogP contribution >= 0.6 is 0 Å². The molecule has 0 radical (unpaired) electrons. The van der Waals surface area contributed by atoms with Gasteiger partial charge in [-0.1, -0.05) is 52.9 Å². The number of ketones is 1. The Balaban J connectivity index is 2.51. The van der Waals surface area contributed by atoms with Gasteiger partial charge in [-0.25, -0.2) is 4.79 Å². The highest BCUT2D eigenvalue weighted by Crippen LogP contribution is 2.29. The van der Waals surface area contributed by atoms with Crippen molar-refractivity contribution >= 4 is 17.7 Å². The second kappa shape index (κ2) is 11.4. The molecule has 6 heteroatoms. The Morgan fingerprint density at radius 2 is 1.70 bits per heavy atom. The number of Topliss-reactive ketones (excluding diaryl/α,β-unsaturated/α-hetero) is 1. The van der Waals surface area contributed by atoms with Gasteiger partial charge in [-0.15, -0.1) is 0 Å². The average molecular weight is 385 g/mol. The second-order valence-corrected chi connectivity index (χ2v) is 8.66. The number of hydrogen-bond donors (Lipinski definition) is 1. The lowest BCUT2D eigenvalue weighted by Gasteiger charge is -2.26. The summed E-state index contributed by atoms with van der Waals surface area (Å²) < 4.78 is 10.7. The summed E-state index contributed by atoms with van der Waals surface area (Å²) in [4.78, 5) is 35.7. The molecule has 1 rings (SSSR count). The van der Waals surface area contributed by atoms with E-state index in [4.69, 9.17) is 14.6 Å². The minimum absolute atomic E-state index is 0.00490. The molecule has 156 valence electrons. The van der Waals surface area contributed by atoms with Crippen LogP contribution in [0.2, 0.25) is 0 Å². The highest BCUT2D eigenvalue weighted by molar-refractivity contribution is 5.86. The molecule has 0 heterocycles. The Morgan fingerprint density at radius 1 is 1.07 bits per heavy atom. The van der Waals surface area contributed by atoms with Crippen LogP contribution in [0.25, 0.3) is 0 Å². The van der Waals surface area contributed by atoms with Crippen LogP contribution in [0.1, 0.15) is 78.6 Å². The third-order valence-electron chi connectivity index (χ3n) is 5.35. The highest BCUT2D eigenvalue weighted by Gasteiger charge is 2.31. The van der Waals surface area contributed by atoms with Gasteiger partial charge in [-0.2, -0.15) is 0 Å². The Kier molecular flexibility index (Phi) is 9.99. The van der Waals surface area contributed by atoms with Crippen molar-refractivity contribution in [3.05, 3.63) is 0 Å². The molecule has 0 aliphatic heterocycles. The quantitative estimate of drug-likeness (QED) is 0.542. The van der Waals surface area contributed by atoms with Crippen molar-refractivity contribution in [3.8, 4) is 0 Å². The molecule has 2 atom stereocenters. The minimum atomic E-state index is -0.925. The zero-order valence-electron chi connectivity index (χ0n) is 17.3. The molecule has 0 spiro atoms. The van der Waals surface area contributed by atoms with Crippen LogP contribution in [0.15, 0.2) is 0 Å². The maximum atomic E-state index is 12.5. The van der Waals surface area contributed by atoms with E-state index in [0.717, 1.165) is 12.8 Å². The normalized spacial score (nSPS) is 17.9. The van der Waals surface area contributed by atoms with Gasteiger partial charge < -0.3 is 14.6 Å². The fraction of sp³-hybridized carbons (Fsp3) is 0.857. The summed E-state index contributed by atoms with van der Waals surface area (Å²) in [7, 11) is 1.52. The first-order valence-corrected chi connectivity index (χ1v) is 10.1. The molecular weight excluding hydrogens is 348 g/mol. The van der Waals surface area contributed by atoms with Crippen molar-refractivity contribution in [1.82, 2.24) is 0 Å². The molecule has 0 aromatic heterocycles. The number of carbonyl (C=O) groups excluding carboxylic acids is 2. The van der Waals surface area contributed by atoms with Crippen LogP contribution in [0.5, 0.6) is 0 Å². The Hall–Kier alpha value is -1.43. The fourth-order valence-electron chi connectivity index (χ4n) is 3.73. The minimum Gasteiger partial charge on any atom is -0.481 e. The van der Waals surface area contributed by atoms with E-state index < -0.39 is 23.4 Å². The predicted octanol–water partition coefficient (Wildman–Crippen LogP) is 4.00. The van der Waals surface area contributed by atoms with Gasteiger partial charge in [0.1, 0.15) is 5.78 Å². The lowest BCUT2D eigenvalue weighted by atomic mass is 9.80. The summed E-state index contributed by atoms with van der Waals surface area (Å²) >= 11 is 0. The zero-order valence-corrected chi connectivity index (χ0v) is 17.3. The second-order valence-electron chi connectivity index (χ2n) is 8.66. The molecule has 1 aliphatic rings. The number of aliphatic carboxylic acids is 1. The van der Waals surface area contributed by atoms with Crippen LogP contribution in [-0.2, 0) is 23.9 Å². The first-order chi connectivity index (χ1) is 12.6. The average Bonchev–Trinajstić information content (AvgIpc) is 2.61. The van der Waals surface area contributed by atoms with E-state index in [1.54, 1.807) is 0 Å². The number of ether oxygens (including phenoxy) is 2. The van der Waals surface area contributed by atoms with Gasteiger partial charge >= 0.3 is 11.9 Å². The summed E-state index contributed by atoms with van der Waals surface area (Å²) in [6, 6.07) is 0. The zero-order chi connectivity index (χ0) is 20.4. The van der Waals surface area contributed by atoms with E-state index >= 15 is 0 Å². The molecule has 0 saturated heterocycles. The Morgan fingerprint density at radius 3 is 2.22 bits per heavy atom. The maximum absolute atomic E-state index is 12.5. The van der Waals surface area contributed by atoms with Crippen LogP contribution < -0.4 is 0 Å². The van der Waals surface area contributed by atoms with Crippen molar-refractivity contribution in [2.75, 3.05) is 13.7 Å². The van der Waals surface area contributed by atoms with Gasteiger partial charge in [0.25, 0.3) is 0 Å². The number of rotatable bonds is 11. The molecular formula is C21H36O6. The number of methoxy groups -OCH3 is 1. The molecule has 0 aromatic carbocycles. The fourth-order valence-corrected chi connectivity index (χ4v) is 3.73. The number of carboxylic acids is 1. The summed E-state index contributed by atoms with van der Waals surface area (Å²) in [5.41, 5.74) is -0.552. The van der Waals surface area contributed by atoms with Crippen LogP contribution in [-0.4, -0.2) is 42.6 Å². The topological polar surface area (TPSA) is 89.9 Å². The molecule has 6 nitrogen and oxygen atoms in total. The molecule has 1 fully saturated rings. The van der Waals surface area contributed by atoms with Crippen molar-refractivity contribution in [2.24, 2.45) is 17.3 Å². The van der Waals surface area contributed by atoms with E-state index in [9.17, 15) is 14.4 Å². The molecule has 1 aliphatic carbocycles. The summed E-state index contributed by atoms with van der Waals surface area (Å²) in [6.45, 7) is 5.57. The Bertz CT molecular complexity index is 487. The third kappa shape index (κ3) is 8.87. The van der Waals surface area contributed by atoms with Crippen LogP contribution in [0, 0.1) is 17.3 Å². The molecule has 0 amide bonds. The number of carboxylic acid groups (broad SMARTS) is 1. The molecule has 0 aromatic rings. The van der Waals surface area contributed by atoms with Gasteiger partial charge in [0, 0.05) is 24.9 Å². The number of hydrogen-bond acceptors (Lipinski definition) is 5. The molecule has 2 unspecified atom stereocenters. The highest BCUT2D eigenvalue weighted by atomic mass is 16.6. The first-order valence-electron chi connectivity index (χ1n) is 10.1. The first kappa shape index (κ1) is 23.6. The van der Waals surface area contributed by atoms with Crippen molar-refractivity contribution < 1.29 is 29.0 Å². The standard InChI is InChI=1S/C21H36O6/c1-21(2,3)19(24)16(10-11-18(22)23)12-13-27-20(25)17(26-4)14-15-8-6-5-7-9-15/h15-17H,5-14H2,1-4H3,(H,22,23).